The predicted molar refractivity (Wildman–Crippen MR) is 118 cm³/mol. The minimum absolute atomic E-state index is 0.708. The van der Waals surface area contributed by atoms with Gasteiger partial charge < -0.3 is 10.2 Å². The van der Waals surface area contributed by atoms with E-state index in [0.717, 1.165) is 61.3 Å². The first-order chi connectivity index (χ1) is 14.3. The number of aliphatic imine (C=N–C) groups is 1. The standard InChI is InChI=1S/C23H22ClN5/c24-18-8-9-20-19(15-18)23(27-21-7-4-10-25-22(21)26-20)29-13-11-28(12-14-29)16-17-5-2-1-3-6-17/h1-10,15H,11-14,16H2,(H,25,26). The van der Waals surface area contributed by atoms with Gasteiger partial charge in [-0.15, -0.1) is 0 Å². The van der Waals surface area contributed by atoms with Crippen molar-refractivity contribution >= 4 is 34.6 Å². The second-order valence-corrected chi connectivity index (χ2v) is 7.81. The summed E-state index contributed by atoms with van der Waals surface area (Å²) in [5.41, 5.74) is 4.21. The van der Waals surface area contributed by atoms with Crippen LogP contribution in [0.25, 0.3) is 0 Å². The summed E-state index contributed by atoms with van der Waals surface area (Å²) in [5.74, 6) is 1.73. The van der Waals surface area contributed by atoms with E-state index >= 15 is 0 Å². The summed E-state index contributed by atoms with van der Waals surface area (Å²) >= 11 is 6.33. The van der Waals surface area contributed by atoms with E-state index in [4.69, 9.17) is 16.6 Å². The quantitative estimate of drug-likeness (QED) is 0.674. The van der Waals surface area contributed by atoms with Crippen LogP contribution in [0, 0.1) is 0 Å². The molecule has 2 aromatic carbocycles. The van der Waals surface area contributed by atoms with E-state index in [1.54, 1.807) is 6.20 Å². The van der Waals surface area contributed by atoms with E-state index < -0.39 is 0 Å². The summed E-state index contributed by atoms with van der Waals surface area (Å²) < 4.78 is 0. The van der Waals surface area contributed by atoms with Gasteiger partial charge in [-0.25, -0.2) is 9.98 Å². The van der Waals surface area contributed by atoms with Crippen molar-refractivity contribution in [3.05, 3.63) is 83.0 Å². The lowest BCUT2D eigenvalue weighted by Gasteiger charge is -2.36. The summed E-state index contributed by atoms with van der Waals surface area (Å²) in [7, 11) is 0. The number of fused-ring (bicyclic) bond motifs is 2. The Hall–Kier alpha value is -2.89. The Balaban J connectivity index is 1.41. The SMILES string of the molecule is Clc1ccc2c(c1)C(N1CCN(Cc3ccccc3)CC1)=Nc1cccnc1N2. The third kappa shape index (κ3) is 3.84. The molecule has 1 saturated heterocycles. The largest absolute Gasteiger partial charge is 0.353 e. The molecule has 0 atom stereocenters. The molecule has 5 nitrogen and oxygen atoms in total. The third-order valence-electron chi connectivity index (χ3n) is 5.41. The molecular weight excluding hydrogens is 382 g/mol. The van der Waals surface area contributed by atoms with Crippen molar-refractivity contribution in [2.24, 2.45) is 4.99 Å². The molecular formula is C23H22ClN5. The number of amidine groups is 1. The summed E-state index contributed by atoms with van der Waals surface area (Å²) in [5, 5.41) is 4.13. The Morgan fingerprint density at radius 2 is 1.76 bits per heavy atom. The van der Waals surface area contributed by atoms with Crippen LogP contribution in [0.3, 0.4) is 0 Å². The van der Waals surface area contributed by atoms with E-state index in [2.05, 4.69) is 50.4 Å². The fraction of sp³-hybridized carbons (Fsp3) is 0.217. The average molecular weight is 404 g/mol. The molecule has 29 heavy (non-hydrogen) atoms. The average Bonchev–Trinajstić information content (AvgIpc) is 2.92. The number of rotatable bonds is 2. The molecule has 3 aromatic rings. The second-order valence-electron chi connectivity index (χ2n) is 7.37. The highest BCUT2D eigenvalue weighted by molar-refractivity contribution is 6.31. The van der Waals surface area contributed by atoms with Gasteiger partial charge in [0.15, 0.2) is 5.82 Å². The smallest absolute Gasteiger partial charge is 0.156 e. The third-order valence-corrected chi connectivity index (χ3v) is 5.64. The number of hydrogen-bond acceptors (Lipinski definition) is 5. The fourth-order valence-electron chi connectivity index (χ4n) is 3.90. The van der Waals surface area contributed by atoms with Gasteiger partial charge in [0.25, 0.3) is 0 Å². The number of nitrogens with one attached hydrogen (secondary N) is 1. The number of anilines is 2. The number of hydrogen-bond donors (Lipinski definition) is 1. The molecule has 0 bridgehead atoms. The van der Waals surface area contributed by atoms with Crippen molar-refractivity contribution in [3.8, 4) is 0 Å². The Kier molecular flexibility index (Phi) is 4.92. The highest BCUT2D eigenvalue weighted by Gasteiger charge is 2.25. The lowest BCUT2D eigenvalue weighted by atomic mass is 10.1. The molecule has 0 saturated carbocycles. The zero-order valence-electron chi connectivity index (χ0n) is 16.1. The first kappa shape index (κ1) is 18.2. The maximum Gasteiger partial charge on any atom is 0.156 e. The van der Waals surface area contributed by atoms with Gasteiger partial charge in [-0.05, 0) is 35.9 Å². The van der Waals surface area contributed by atoms with Gasteiger partial charge >= 0.3 is 0 Å². The van der Waals surface area contributed by atoms with Crippen LogP contribution < -0.4 is 5.32 Å². The molecule has 5 rings (SSSR count). The first-order valence-corrected chi connectivity index (χ1v) is 10.3. The molecule has 0 unspecified atom stereocenters. The minimum atomic E-state index is 0.708. The van der Waals surface area contributed by atoms with Crippen molar-refractivity contribution in [1.82, 2.24) is 14.8 Å². The van der Waals surface area contributed by atoms with Crippen molar-refractivity contribution in [2.45, 2.75) is 6.54 Å². The molecule has 3 heterocycles. The molecule has 0 radical (unpaired) electrons. The molecule has 0 amide bonds. The van der Waals surface area contributed by atoms with E-state index in [1.165, 1.54) is 5.56 Å². The minimum Gasteiger partial charge on any atom is -0.353 e. The molecule has 1 N–H and O–H groups in total. The fourth-order valence-corrected chi connectivity index (χ4v) is 4.07. The maximum absolute atomic E-state index is 6.33. The topological polar surface area (TPSA) is 43.8 Å². The van der Waals surface area contributed by atoms with Gasteiger partial charge in [-0.1, -0.05) is 41.9 Å². The summed E-state index contributed by atoms with van der Waals surface area (Å²) in [6.07, 6.45) is 1.78. The lowest BCUT2D eigenvalue weighted by molar-refractivity contribution is 0.176. The summed E-state index contributed by atoms with van der Waals surface area (Å²) in [6.45, 7) is 4.83. The summed E-state index contributed by atoms with van der Waals surface area (Å²) in [6, 6.07) is 20.5. The van der Waals surface area contributed by atoms with Crippen LogP contribution in [-0.2, 0) is 6.54 Å². The van der Waals surface area contributed by atoms with Gasteiger partial charge in [0.05, 0.1) is 5.69 Å². The van der Waals surface area contributed by atoms with Gasteiger partial charge in [-0.2, -0.15) is 0 Å². The molecule has 0 spiro atoms. The maximum atomic E-state index is 6.33. The Morgan fingerprint density at radius 3 is 2.59 bits per heavy atom. The molecule has 6 heteroatoms. The van der Waals surface area contributed by atoms with E-state index in [9.17, 15) is 0 Å². The molecule has 1 fully saturated rings. The van der Waals surface area contributed by atoms with Crippen LogP contribution in [0.15, 0.2) is 71.9 Å². The van der Waals surface area contributed by atoms with E-state index in [0.29, 0.717) is 5.02 Å². The zero-order chi connectivity index (χ0) is 19.6. The van der Waals surface area contributed by atoms with Gasteiger partial charge in [-0.3, -0.25) is 4.90 Å². The van der Waals surface area contributed by atoms with Gasteiger partial charge in [0, 0.05) is 49.5 Å². The Bertz CT molecular complexity index is 1040. The number of piperazine rings is 1. The van der Waals surface area contributed by atoms with Crippen molar-refractivity contribution < 1.29 is 0 Å². The number of nitrogens with zero attached hydrogens (tertiary/aromatic N) is 4. The highest BCUT2D eigenvalue weighted by atomic mass is 35.5. The lowest BCUT2D eigenvalue weighted by Crippen LogP contribution is -2.48. The Labute approximate surface area is 175 Å². The number of pyridine rings is 1. The van der Waals surface area contributed by atoms with E-state index in [1.807, 2.05) is 30.3 Å². The van der Waals surface area contributed by atoms with Crippen LogP contribution in [0.2, 0.25) is 5.02 Å². The molecule has 2 aliphatic rings. The van der Waals surface area contributed by atoms with Crippen LogP contribution in [0.5, 0.6) is 0 Å². The monoisotopic (exact) mass is 403 g/mol. The molecule has 1 aromatic heterocycles. The predicted octanol–water partition coefficient (Wildman–Crippen LogP) is 4.69. The van der Waals surface area contributed by atoms with Crippen LogP contribution in [-0.4, -0.2) is 46.8 Å². The van der Waals surface area contributed by atoms with Crippen molar-refractivity contribution in [3.63, 3.8) is 0 Å². The first-order valence-electron chi connectivity index (χ1n) is 9.88. The van der Waals surface area contributed by atoms with Crippen molar-refractivity contribution in [2.75, 3.05) is 31.5 Å². The normalized spacial score (nSPS) is 16.3. The van der Waals surface area contributed by atoms with Crippen LogP contribution in [0.1, 0.15) is 11.1 Å². The molecule has 2 aliphatic heterocycles. The molecule has 146 valence electrons. The second kappa shape index (κ2) is 7.85. The number of halogens is 1. The highest BCUT2D eigenvalue weighted by Crippen LogP contribution is 2.34. The van der Waals surface area contributed by atoms with Crippen LogP contribution >= 0.6 is 11.6 Å². The number of benzene rings is 2. The van der Waals surface area contributed by atoms with E-state index in [-0.39, 0.29) is 0 Å². The zero-order valence-corrected chi connectivity index (χ0v) is 16.8. The van der Waals surface area contributed by atoms with Gasteiger partial charge in [0.1, 0.15) is 11.5 Å². The Morgan fingerprint density at radius 1 is 0.931 bits per heavy atom. The van der Waals surface area contributed by atoms with Gasteiger partial charge in [0.2, 0.25) is 0 Å². The number of aromatic nitrogens is 1. The van der Waals surface area contributed by atoms with Crippen molar-refractivity contribution in [1.29, 1.82) is 0 Å². The summed E-state index contributed by atoms with van der Waals surface area (Å²) in [4.78, 5) is 14.3. The molecule has 0 aliphatic carbocycles. The van der Waals surface area contributed by atoms with Crippen LogP contribution in [0.4, 0.5) is 17.2 Å².